The van der Waals surface area contributed by atoms with E-state index in [2.05, 4.69) is 13.8 Å². The standard InChI is InChI=1S/C19H24O3/c1-11-7-12-13(8-14(20)17(11)21)19-6-4-5-18(2,3)16(19)9-15(12)22-10-19/h7-8,15-16H,4-6,9-10H2,1-3H3,(H,20,21)/t15-,16?,19+/m1/s1. The molecule has 0 aromatic heterocycles. The summed E-state index contributed by atoms with van der Waals surface area (Å²) >= 11 is 0. The Kier molecular flexibility index (Phi) is 2.82. The quantitative estimate of drug-likeness (QED) is 0.796. The Morgan fingerprint density at radius 3 is 2.82 bits per heavy atom. The first kappa shape index (κ1) is 14.3. The molecule has 4 aliphatic rings. The summed E-state index contributed by atoms with van der Waals surface area (Å²) < 4.78 is 6.15. The monoisotopic (exact) mass is 300 g/mol. The van der Waals surface area contributed by atoms with Crippen molar-refractivity contribution in [3.8, 4) is 5.75 Å². The van der Waals surface area contributed by atoms with E-state index in [0.717, 1.165) is 30.6 Å². The van der Waals surface area contributed by atoms with Gasteiger partial charge in [0, 0.05) is 5.41 Å². The SMILES string of the molecule is Cc1cc2c(cc(=O)c1O)[C@@]13CCCC(C)(C)C1C[C@H]2OC3. The van der Waals surface area contributed by atoms with Crippen LogP contribution in [0.25, 0.3) is 0 Å². The molecule has 1 saturated heterocycles. The lowest BCUT2D eigenvalue weighted by molar-refractivity contribution is -0.136. The van der Waals surface area contributed by atoms with Crippen molar-refractivity contribution in [3.05, 3.63) is 39.0 Å². The Morgan fingerprint density at radius 1 is 1.27 bits per heavy atom. The van der Waals surface area contributed by atoms with E-state index >= 15 is 0 Å². The van der Waals surface area contributed by atoms with E-state index in [4.69, 9.17) is 4.74 Å². The predicted molar refractivity (Wildman–Crippen MR) is 85.2 cm³/mol. The molecule has 118 valence electrons. The second-order valence-corrected chi connectivity index (χ2v) is 8.14. The third-order valence-corrected chi connectivity index (χ3v) is 6.49. The van der Waals surface area contributed by atoms with Gasteiger partial charge in [0.2, 0.25) is 5.43 Å². The summed E-state index contributed by atoms with van der Waals surface area (Å²) in [6.07, 6.45) is 4.62. The van der Waals surface area contributed by atoms with Crippen LogP contribution in [0, 0.1) is 18.3 Å². The van der Waals surface area contributed by atoms with Crippen LogP contribution in [0.5, 0.6) is 5.75 Å². The lowest BCUT2D eigenvalue weighted by Crippen LogP contribution is -2.56. The predicted octanol–water partition coefficient (Wildman–Crippen LogP) is 3.60. The topological polar surface area (TPSA) is 46.5 Å². The van der Waals surface area contributed by atoms with Crippen LogP contribution in [0.2, 0.25) is 0 Å². The van der Waals surface area contributed by atoms with Crippen molar-refractivity contribution in [2.45, 2.75) is 58.0 Å². The van der Waals surface area contributed by atoms with E-state index in [1.807, 2.05) is 6.07 Å². The van der Waals surface area contributed by atoms with Crippen LogP contribution in [-0.4, -0.2) is 11.7 Å². The summed E-state index contributed by atoms with van der Waals surface area (Å²) in [7, 11) is 0. The van der Waals surface area contributed by atoms with Crippen LogP contribution in [-0.2, 0) is 10.2 Å². The number of aromatic hydroxyl groups is 1. The number of hydrogen-bond acceptors (Lipinski definition) is 3. The Morgan fingerprint density at radius 2 is 2.05 bits per heavy atom. The molecule has 22 heavy (non-hydrogen) atoms. The third-order valence-electron chi connectivity index (χ3n) is 6.49. The van der Waals surface area contributed by atoms with E-state index in [1.54, 1.807) is 13.0 Å². The first-order chi connectivity index (χ1) is 10.3. The van der Waals surface area contributed by atoms with Gasteiger partial charge in [0.1, 0.15) is 0 Å². The minimum absolute atomic E-state index is 0.0388. The van der Waals surface area contributed by atoms with Crippen molar-refractivity contribution in [1.82, 2.24) is 0 Å². The van der Waals surface area contributed by atoms with Crippen LogP contribution in [0.4, 0.5) is 0 Å². The summed E-state index contributed by atoms with van der Waals surface area (Å²) in [5, 5.41) is 10.1. The van der Waals surface area contributed by atoms with E-state index in [1.165, 1.54) is 12.8 Å². The average molecular weight is 300 g/mol. The highest BCUT2D eigenvalue weighted by Gasteiger charge is 2.58. The fourth-order valence-electron chi connectivity index (χ4n) is 5.38. The van der Waals surface area contributed by atoms with Gasteiger partial charge >= 0.3 is 0 Å². The number of hydrogen-bond donors (Lipinski definition) is 1. The molecule has 1 saturated carbocycles. The second kappa shape index (κ2) is 4.35. The lowest BCUT2D eigenvalue weighted by atomic mass is 9.48. The number of fused-ring (bicyclic) bond motifs is 1. The Hall–Kier alpha value is -1.35. The zero-order valence-corrected chi connectivity index (χ0v) is 13.6. The minimum Gasteiger partial charge on any atom is -0.504 e. The molecule has 5 rings (SSSR count). The van der Waals surface area contributed by atoms with E-state index in [0.29, 0.717) is 11.5 Å². The maximum absolute atomic E-state index is 12.3. The summed E-state index contributed by atoms with van der Waals surface area (Å²) in [5.74, 6) is 0.445. The van der Waals surface area contributed by atoms with Gasteiger partial charge in [0.15, 0.2) is 5.75 Å². The molecule has 2 aliphatic carbocycles. The largest absolute Gasteiger partial charge is 0.504 e. The average Bonchev–Trinajstić information content (AvgIpc) is 2.59. The Bertz CT molecular complexity index is 706. The van der Waals surface area contributed by atoms with Crippen molar-refractivity contribution in [3.63, 3.8) is 0 Å². The van der Waals surface area contributed by atoms with Crippen molar-refractivity contribution in [2.24, 2.45) is 11.3 Å². The third kappa shape index (κ3) is 1.69. The van der Waals surface area contributed by atoms with Crippen LogP contribution >= 0.6 is 0 Å². The first-order valence-electron chi connectivity index (χ1n) is 8.35. The van der Waals surface area contributed by atoms with Gasteiger partial charge in [-0.1, -0.05) is 20.3 Å². The molecule has 1 spiro atoms. The minimum atomic E-state index is -0.247. The molecule has 1 unspecified atom stereocenters. The molecule has 0 amide bonds. The molecule has 3 nitrogen and oxygen atoms in total. The van der Waals surface area contributed by atoms with Crippen molar-refractivity contribution in [1.29, 1.82) is 0 Å². The van der Waals surface area contributed by atoms with Gasteiger partial charge in [-0.05, 0) is 66.3 Å². The molecule has 2 aliphatic heterocycles. The van der Waals surface area contributed by atoms with E-state index in [9.17, 15) is 9.90 Å². The van der Waals surface area contributed by atoms with Gasteiger partial charge in [-0.3, -0.25) is 4.79 Å². The molecule has 2 bridgehead atoms. The van der Waals surface area contributed by atoms with Gasteiger partial charge in [0.05, 0.1) is 12.7 Å². The molecule has 2 fully saturated rings. The molecular formula is C19H24O3. The van der Waals surface area contributed by atoms with E-state index < -0.39 is 0 Å². The van der Waals surface area contributed by atoms with Crippen molar-refractivity contribution >= 4 is 0 Å². The molecule has 1 N–H and O–H groups in total. The van der Waals surface area contributed by atoms with Gasteiger partial charge in [0.25, 0.3) is 0 Å². The number of ether oxygens (including phenoxy) is 1. The molecule has 3 atom stereocenters. The number of aryl methyl sites for hydroxylation is 1. The Labute approximate surface area is 131 Å². The fourth-order valence-corrected chi connectivity index (χ4v) is 5.38. The molecule has 0 radical (unpaired) electrons. The Balaban J connectivity index is 2.02. The van der Waals surface area contributed by atoms with Crippen molar-refractivity contribution < 1.29 is 9.84 Å². The van der Waals surface area contributed by atoms with Gasteiger partial charge in [-0.2, -0.15) is 0 Å². The molecule has 3 heteroatoms. The summed E-state index contributed by atoms with van der Waals surface area (Å²) in [5.41, 5.74) is 2.94. The maximum atomic E-state index is 12.3. The lowest BCUT2D eigenvalue weighted by Gasteiger charge is -2.60. The number of rotatable bonds is 0. The molecule has 2 heterocycles. The highest BCUT2D eigenvalue weighted by atomic mass is 16.5. The maximum Gasteiger partial charge on any atom is 0.220 e. The summed E-state index contributed by atoms with van der Waals surface area (Å²) in [6.45, 7) is 7.26. The first-order valence-corrected chi connectivity index (χ1v) is 8.35. The van der Waals surface area contributed by atoms with Crippen LogP contribution in [0.15, 0.2) is 16.9 Å². The van der Waals surface area contributed by atoms with Gasteiger partial charge < -0.3 is 9.84 Å². The summed E-state index contributed by atoms with van der Waals surface area (Å²) in [4.78, 5) is 12.3. The highest BCUT2D eigenvalue weighted by Crippen LogP contribution is 2.62. The van der Waals surface area contributed by atoms with E-state index in [-0.39, 0.29) is 28.1 Å². The molecule has 1 aromatic rings. The molecule has 1 aromatic carbocycles. The van der Waals surface area contributed by atoms with Crippen LogP contribution in [0.3, 0.4) is 0 Å². The second-order valence-electron chi connectivity index (χ2n) is 8.14. The smallest absolute Gasteiger partial charge is 0.220 e. The fraction of sp³-hybridized carbons (Fsp3) is 0.632. The zero-order valence-electron chi connectivity index (χ0n) is 13.6. The normalized spacial score (nSPS) is 34.9. The zero-order chi connectivity index (χ0) is 15.7. The highest BCUT2D eigenvalue weighted by molar-refractivity contribution is 5.46. The van der Waals surface area contributed by atoms with Crippen LogP contribution < -0.4 is 5.43 Å². The molecular weight excluding hydrogens is 276 g/mol. The summed E-state index contributed by atoms with van der Waals surface area (Å²) in [6, 6.07) is 3.69. The van der Waals surface area contributed by atoms with Crippen LogP contribution in [0.1, 0.15) is 62.3 Å². The van der Waals surface area contributed by atoms with Gasteiger partial charge in [-0.25, -0.2) is 0 Å². The van der Waals surface area contributed by atoms with Crippen molar-refractivity contribution in [2.75, 3.05) is 6.61 Å². The van der Waals surface area contributed by atoms with Gasteiger partial charge in [-0.15, -0.1) is 0 Å².